The van der Waals surface area contributed by atoms with Crippen LogP contribution in [-0.2, 0) is 11.3 Å². The summed E-state index contributed by atoms with van der Waals surface area (Å²) >= 11 is 0. The fourth-order valence-corrected chi connectivity index (χ4v) is 1.43. The number of nitro groups is 1. The number of nitrogens with zero attached hydrogens (tertiary/aromatic N) is 4. The number of nitrogens with one attached hydrogen (secondary N) is 2. The molecule has 1 aromatic heterocycles. The van der Waals surface area contributed by atoms with E-state index in [-0.39, 0.29) is 12.1 Å². The second-order valence-corrected chi connectivity index (χ2v) is 4.01. The van der Waals surface area contributed by atoms with Gasteiger partial charge in [0, 0.05) is 10.7 Å². The van der Waals surface area contributed by atoms with Crippen molar-refractivity contribution in [2.45, 2.75) is 6.54 Å². The monoisotopic (exact) mass is 308 g/mol. The molecule has 0 aliphatic rings. The van der Waals surface area contributed by atoms with Crippen molar-refractivity contribution in [2.24, 2.45) is 0 Å². The van der Waals surface area contributed by atoms with Gasteiger partial charge in [0.1, 0.15) is 12.4 Å². The number of aromatic nitrogens is 3. The molecule has 1 heterocycles. The highest BCUT2D eigenvalue weighted by Gasteiger charge is 2.15. The first-order chi connectivity index (χ1) is 10.5. The Morgan fingerprint density at radius 1 is 1.27 bits per heavy atom. The summed E-state index contributed by atoms with van der Waals surface area (Å²) in [7, 11) is 0. The molecule has 0 bridgehead atoms. The highest BCUT2D eigenvalue weighted by molar-refractivity contribution is 5.95. The Labute approximate surface area is 122 Å². The van der Waals surface area contributed by atoms with Gasteiger partial charge in [-0.1, -0.05) is 4.98 Å². The molecule has 22 heavy (non-hydrogen) atoms. The van der Waals surface area contributed by atoms with Gasteiger partial charge in [-0.25, -0.2) is 4.39 Å². The van der Waals surface area contributed by atoms with E-state index in [2.05, 4.69) is 20.9 Å². The van der Waals surface area contributed by atoms with Crippen LogP contribution >= 0.6 is 0 Å². The summed E-state index contributed by atoms with van der Waals surface area (Å²) in [4.78, 5) is 36.1. The lowest BCUT2D eigenvalue weighted by molar-refractivity contribution is -0.394. The normalized spacial score (nSPS) is 10.0. The van der Waals surface area contributed by atoms with E-state index < -0.39 is 28.5 Å². The summed E-state index contributed by atoms with van der Waals surface area (Å²) < 4.78 is 13.6. The minimum Gasteiger partial charge on any atom is -0.390 e. The molecular formula is C11H9FN6O4. The third-order valence-corrected chi connectivity index (χ3v) is 2.42. The van der Waals surface area contributed by atoms with Gasteiger partial charge in [0.05, 0.1) is 0 Å². The first-order valence-corrected chi connectivity index (χ1v) is 5.84. The SMILES string of the molecule is O=C(Cn1cnc([N+](=O)[O-])n1)NNC(=O)c1ccc(F)cc1. The summed E-state index contributed by atoms with van der Waals surface area (Å²) in [5.74, 6) is -2.44. The van der Waals surface area contributed by atoms with E-state index in [4.69, 9.17) is 0 Å². The van der Waals surface area contributed by atoms with Crippen LogP contribution in [0.3, 0.4) is 0 Å². The molecule has 2 N–H and O–H groups in total. The Hall–Kier alpha value is -3.37. The quantitative estimate of drug-likeness (QED) is 0.593. The third-order valence-electron chi connectivity index (χ3n) is 2.42. The van der Waals surface area contributed by atoms with E-state index in [0.29, 0.717) is 0 Å². The third kappa shape index (κ3) is 3.82. The number of hydrogen-bond donors (Lipinski definition) is 2. The number of benzene rings is 1. The van der Waals surface area contributed by atoms with Crippen LogP contribution in [0.2, 0.25) is 0 Å². The van der Waals surface area contributed by atoms with Crippen molar-refractivity contribution in [1.82, 2.24) is 25.6 Å². The van der Waals surface area contributed by atoms with E-state index in [1.165, 1.54) is 12.1 Å². The van der Waals surface area contributed by atoms with E-state index in [1.54, 1.807) is 0 Å². The lowest BCUT2D eigenvalue weighted by atomic mass is 10.2. The van der Waals surface area contributed by atoms with Crippen LogP contribution in [-0.4, -0.2) is 31.5 Å². The van der Waals surface area contributed by atoms with Gasteiger partial charge in [-0.05, 0) is 29.2 Å². The van der Waals surface area contributed by atoms with Crippen LogP contribution in [0.15, 0.2) is 30.6 Å². The average molecular weight is 308 g/mol. The number of hydrogen-bond acceptors (Lipinski definition) is 6. The van der Waals surface area contributed by atoms with Crippen LogP contribution in [0.5, 0.6) is 0 Å². The fourth-order valence-electron chi connectivity index (χ4n) is 1.43. The molecule has 114 valence electrons. The van der Waals surface area contributed by atoms with Crippen LogP contribution in [0, 0.1) is 15.9 Å². The van der Waals surface area contributed by atoms with Gasteiger partial charge in [-0.3, -0.25) is 20.4 Å². The molecule has 2 amide bonds. The van der Waals surface area contributed by atoms with Crippen molar-refractivity contribution >= 4 is 17.8 Å². The number of carbonyl (C=O) groups excluding carboxylic acids is 2. The first-order valence-electron chi connectivity index (χ1n) is 5.84. The highest BCUT2D eigenvalue weighted by Crippen LogP contribution is 2.02. The first kappa shape index (κ1) is 15.0. The molecule has 0 fully saturated rings. The largest absolute Gasteiger partial charge is 0.490 e. The number of carbonyl (C=O) groups is 2. The second kappa shape index (κ2) is 6.39. The molecule has 10 nitrogen and oxygen atoms in total. The Kier molecular flexibility index (Phi) is 4.36. The smallest absolute Gasteiger partial charge is 0.390 e. The van der Waals surface area contributed by atoms with Crippen molar-refractivity contribution in [3.8, 4) is 0 Å². The Morgan fingerprint density at radius 2 is 1.95 bits per heavy atom. The van der Waals surface area contributed by atoms with Crippen LogP contribution in [0.25, 0.3) is 0 Å². The van der Waals surface area contributed by atoms with E-state index in [1.807, 2.05) is 0 Å². The van der Waals surface area contributed by atoms with Gasteiger partial charge in [0.25, 0.3) is 11.8 Å². The number of amides is 2. The fraction of sp³-hybridized carbons (Fsp3) is 0.0909. The molecule has 11 heteroatoms. The molecule has 0 spiro atoms. The van der Waals surface area contributed by atoms with Crippen molar-refractivity contribution in [3.63, 3.8) is 0 Å². The van der Waals surface area contributed by atoms with E-state index in [0.717, 1.165) is 23.1 Å². The number of hydrazine groups is 1. The summed E-state index contributed by atoms with van der Waals surface area (Å²) in [5, 5.41) is 13.8. The second-order valence-electron chi connectivity index (χ2n) is 4.01. The van der Waals surface area contributed by atoms with Crippen molar-refractivity contribution in [1.29, 1.82) is 0 Å². The molecule has 0 saturated carbocycles. The topological polar surface area (TPSA) is 132 Å². The predicted octanol–water partition coefficient (Wildman–Crippen LogP) is -0.213. The van der Waals surface area contributed by atoms with Gasteiger partial charge in [0.2, 0.25) is 6.33 Å². The zero-order valence-electron chi connectivity index (χ0n) is 10.9. The maximum absolute atomic E-state index is 12.7. The molecule has 2 rings (SSSR count). The summed E-state index contributed by atoms with van der Waals surface area (Å²) in [5.41, 5.74) is 4.35. The Bertz CT molecular complexity index is 714. The van der Waals surface area contributed by atoms with Crippen LogP contribution in [0.1, 0.15) is 10.4 Å². The highest BCUT2D eigenvalue weighted by atomic mass is 19.1. The molecule has 2 aromatic rings. The molecule has 0 aliphatic heterocycles. The maximum Gasteiger partial charge on any atom is 0.490 e. The molecule has 0 unspecified atom stereocenters. The molecule has 0 atom stereocenters. The lowest BCUT2D eigenvalue weighted by Gasteiger charge is -2.06. The zero-order valence-corrected chi connectivity index (χ0v) is 10.9. The van der Waals surface area contributed by atoms with Gasteiger partial charge in [0.15, 0.2) is 0 Å². The zero-order chi connectivity index (χ0) is 16.1. The lowest BCUT2D eigenvalue weighted by Crippen LogP contribution is -2.43. The van der Waals surface area contributed by atoms with Crippen molar-refractivity contribution < 1.29 is 18.9 Å². The predicted molar refractivity (Wildman–Crippen MR) is 68.7 cm³/mol. The molecule has 1 aromatic carbocycles. The van der Waals surface area contributed by atoms with Crippen molar-refractivity contribution in [2.75, 3.05) is 0 Å². The average Bonchev–Trinajstić information content (AvgIpc) is 2.94. The van der Waals surface area contributed by atoms with Crippen molar-refractivity contribution in [3.05, 3.63) is 52.1 Å². The van der Waals surface area contributed by atoms with Gasteiger partial charge >= 0.3 is 5.95 Å². The minimum absolute atomic E-state index is 0.151. The summed E-state index contributed by atoms with van der Waals surface area (Å²) in [6, 6.07) is 4.70. The molecular weight excluding hydrogens is 299 g/mol. The maximum atomic E-state index is 12.7. The summed E-state index contributed by atoms with van der Waals surface area (Å²) in [6.45, 7) is -0.370. The van der Waals surface area contributed by atoms with E-state index in [9.17, 15) is 24.1 Å². The van der Waals surface area contributed by atoms with Gasteiger partial charge < -0.3 is 10.1 Å². The minimum atomic E-state index is -0.801. The van der Waals surface area contributed by atoms with E-state index >= 15 is 0 Å². The molecule has 0 aliphatic carbocycles. The van der Waals surface area contributed by atoms with Gasteiger partial charge in [-0.15, -0.1) is 0 Å². The number of rotatable bonds is 4. The Morgan fingerprint density at radius 3 is 2.55 bits per heavy atom. The molecule has 0 radical (unpaired) electrons. The standard InChI is InChI=1S/C11H9FN6O4/c12-8-3-1-7(2-4-8)10(20)15-14-9(19)5-17-6-13-11(16-17)18(21)22/h1-4,6H,5H2,(H,14,19)(H,15,20). The van der Waals surface area contributed by atoms with Crippen LogP contribution in [0.4, 0.5) is 10.3 Å². The van der Waals surface area contributed by atoms with Crippen LogP contribution < -0.4 is 10.9 Å². The molecule has 0 saturated heterocycles. The number of halogens is 1. The summed E-state index contributed by atoms with van der Waals surface area (Å²) in [6.07, 6.45) is 1.01. The van der Waals surface area contributed by atoms with Gasteiger partial charge in [-0.2, -0.15) is 4.68 Å². The Balaban J connectivity index is 1.85.